The monoisotopic (exact) mass is 622 g/mol. The Hall–Kier alpha value is -4.31. The molecule has 3 aromatic carbocycles. The Morgan fingerprint density at radius 2 is 1.82 bits per heavy atom. The van der Waals surface area contributed by atoms with Gasteiger partial charge in [0.15, 0.2) is 6.10 Å². The second-order valence-corrected chi connectivity index (χ2v) is 11.2. The highest BCUT2D eigenvalue weighted by molar-refractivity contribution is 5.82. The number of phenols is 1. The van der Waals surface area contributed by atoms with Gasteiger partial charge >= 0.3 is 5.97 Å². The Morgan fingerprint density at radius 3 is 2.49 bits per heavy atom. The lowest BCUT2D eigenvalue weighted by Crippen LogP contribution is -2.43. The molecule has 0 saturated carbocycles. The Kier molecular flexibility index (Phi) is 12.0. The van der Waals surface area contributed by atoms with Gasteiger partial charge in [-0.3, -0.25) is 9.59 Å². The van der Waals surface area contributed by atoms with Gasteiger partial charge in [0.2, 0.25) is 0 Å². The number of nitrogens with two attached hydrogens (primary N) is 1. The Morgan fingerprint density at radius 1 is 1.09 bits per heavy atom. The molecule has 1 aliphatic heterocycles. The number of aromatic hydroxyl groups is 1. The highest BCUT2D eigenvalue weighted by Gasteiger charge is 2.30. The molecule has 242 valence electrons. The maximum atomic E-state index is 13.4. The highest BCUT2D eigenvalue weighted by atomic mass is 19.1. The number of ether oxygens (including phenoxy) is 3. The molecule has 0 radical (unpaired) electrons. The molecule has 5 N–H and O–H groups in total. The number of aliphatic carboxylic acids is 1. The van der Waals surface area contributed by atoms with Crippen molar-refractivity contribution in [2.24, 2.45) is 11.7 Å². The Bertz CT molecular complexity index is 1460. The number of amides is 1. The van der Waals surface area contributed by atoms with Gasteiger partial charge in [-0.15, -0.1) is 0 Å². The largest absolute Gasteiger partial charge is 0.507 e. The fourth-order valence-corrected chi connectivity index (χ4v) is 5.46. The van der Waals surface area contributed by atoms with Crippen LogP contribution in [0.15, 0.2) is 48.5 Å². The fourth-order valence-electron chi connectivity index (χ4n) is 5.46. The van der Waals surface area contributed by atoms with Crippen molar-refractivity contribution >= 4 is 11.9 Å². The Labute approximate surface area is 263 Å². The SMILES string of the molecule is CCCc1c(OCCCOc2cc(O)c(-c3ccc(F)cc3)cc2CC)ccc2c1OC(C(=O)NCC(CCN)C(=O)O)CC2. The van der Waals surface area contributed by atoms with Crippen LogP contribution in [0.5, 0.6) is 23.0 Å². The number of benzene rings is 3. The van der Waals surface area contributed by atoms with E-state index >= 15 is 0 Å². The minimum Gasteiger partial charge on any atom is -0.507 e. The molecular formula is C35H43FN2O7. The summed E-state index contributed by atoms with van der Waals surface area (Å²) in [6.07, 6.45) is 3.57. The van der Waals surface area contributed by atoms with E-state index in [1.165, 1.54) is 12.1 Å². The summed E-state index contributed by atoms with van der Waals surface area (Å²) in [7, 11) is 0. The van der Waals surface area contributed by atoms with E-state index < -0.39 is 18.0 Å². The van der Waals surface area contributed by atoms with Gasteiger partial charge in [-0.1, -0.05) is 38.5 Å². The molecule has 45 heavy (non-hydrogen) atoms. The van der Waals surface area contributed by atoms with Crippen molar-refractivity contribution in [3.63, 3.8) is 0 Å². The molecule has 1 aliphatic rings. The van der Waals surface area contributed by atoms with Crippen LogP contribution >= 0.6 is 0 Å². The molecule has 0 aromatic heterocycles. The van der Waals surface area contributed by atoms with Gasteiger partial charge in [0, 0.05) is 30.2 Å². The number of rotatable bonds is 16. The molecule has 1 amide bonds. The molecule has 0 bridgehead atoms. The molecule has 0 spiro atoms. The molecule has 1 heterocycles. The van der Waals surface area contributed by atoms with Crippen LogP contribution in [0.25, 0.3) is 11.1 Å². The molecule has 0 fully saturated rings. The third-order valence-electron chi connectivity index (χ3n) is 7.93. The first kappa shape index (κ1) is 33.6. The molecule has 0 saturated heterocycles. The summed E-state index contributed by atoms with van der Waals surface area (Å²) in [6.45, 7) is 5.06. The molecule has 4 rings (SSSR count). The summed E-state index contributed by atoms with van der Waals surface area (Å²) >= 11 is 0. The van der Waals surface area contributed by atoms with Crippen molar-refractivity contribution in [3.05, 3.63) is 71.0 Å². The number of carbonyl (C=O) groups excluding carboxylic acids is 1. The first-order valence-electron chi connectivity index (χ1n) is 15.6. The normalized spacial score (nSPS) is 14.6. The zero-order valence-corrected chi connectivity index (χ0v) is 25.9. The molecule has 9 nitrogen and oxygen atoms in total. The fraction of sp³-hybridized carbons (Fsp3) is 0.429. The average molecular weight is 623 g/mol. The molecule has 0 aliphatic carbocycles. The van der Waals surface area contributed by atoms with Crippen LogP contribution in [0.4, 0.5) is 4.39 Å². The van der Waals surface area contributed by atoms with Crippen LogP contribution in [0, 0.1) is 11.7 Å². The van der Waals surface area contributed by atoms with Crippen LogP contribution in [0.3, 0.4) is 0 Å². The van der Waals surface area contributed by atoms with Gasteiger partial charge in [-0.05, 0) is 79.6 Å². The van der Waals surface area contributed by atoms with Crippen molar-refractivity contribution < 1.29 is 38.4 Å². The first-order chi connectivity index (χ1) is 21.7. The number of nitrogens with one attached hydrogen (secondary N) is 1. The number of hydrogen-bond donors (Lipinski definition) is 4. The number of fused-ring (bicyclic) bond motifs is 1. The molecule has 3 aromatic rings. The number of hydrogen-bond acceptors (Lipinski definition) is 7. The van der Waals surface area contributed by atoms with Crippen molar-refractivity contribution in [2.45, 2.75) is 64.9 Å². The maximum Gasteiger partial charge on any atom is 0.308 e. The zero-order chi connectivity index (χ0) is 32.3. The quantitative estimate of drug-likeness (QED) is 0.155. The zero-order valence-electron chi connectivity index (χ0n) is 25.9. The van der Waals surface area contributed by atoms with Crippen LogP contribution in [0.1, 0.15) is 56.2 Å². The van der Waals surface area contributed by atoms with Crippen molar-refractivity contribution in [1.29, 1.82) is 0 Å². The van der Waals surface area contributed by atoms with Gasteiger partial charge in [-0.25, -0.2) is 4.39 Å². The molecular weight excluding hydrogens is 579 g/mol. The van der Waals surface area contributed by atoms with E-state index in [0.29, 0.717) is 68.1 Å². The number of aryl methyl sites for hydroxylation is 2. The third-order valence-corrected chi connectivity index (χ3v) is 7.93. The molecule has 10 heteroatoms. The highest BCUT2D eigenvalue weighted by Crippen LogP contribution is 2.39. The van der Waals surface area contributed by atoms with Crippen LogP contribution in [-0.4, -0.2) is 54.5 Å². The molecule has 2 unspecified atom stereocenters. The summed E-state index contributed by atoms with van der Waals surface area (Å²) < 4.78 is 31.8. The van der Waals surface area contributed by atoms with Crippen LogP contribution in [0.2, 0.25) is 0 Å². The number of phenolic OH excluding ortho intramolecular Hbond substituents is 1. The predicted octanol–water partition coefficient (Wildman–Crippen LogP) is 5.42. The Balaban J connectivity index is 1.35. The number of carboxylic acids is 1. The van der Waals surface area contributed by atoms with E-state index in [4.69, 9.17) is 19.9 Å². The predicted molar refractivity (Wildman–Crippen MR) is 169 cm³/mol. The second kappa shape index (κ2) is 16.1. The second-order valence-electron chi connectivity index (χ2n) is 11.2. The van der Waals surface area contributed by atoms with Gasteiger partial charge in [0.25, 0.3) is 5.91 Å². The van der Waals surface area contributed by atoms with E-state index in [1.54, 1.807) is 18.2 Å². The number of halogens is 1. The average Bonchev–Trinajstić information content (AvgIpc) is 3.03. The van der Waals surface area contributed by atoms with E-state index in [0.717, 1.165) is 28.7 Å². The van der Waals surface area contributed by atoms with Crippen molar-refractivity contribution in [3.8, 4) is 34.1 Å². The summed E-state index contributed by atoms with van der Waals surface area (Å²) in [4.78, 5) is 24.3. The lowest BCUT2D eigenvalue weighted by atomic mass is 9.96. The summed E-state index contributed by atoms with van der Waals surface area (Å²) in [5.41, 5.74) is 9.72. The lowest BCUT2D eigenvalue weighted by Gasteiger charge is -2.28. The van der Waals surface area contributed by atoms with Crippen molar-refractivity contribution in [2.75, 3.05) is 26.3 Å². The van der Waals surface area contributed by atoms with Gasteiger partial charge < -0.3 is 35.5 Å². The van der Waals surface area contributed by atoms with Gasteiger partial charge in [-0.2, -0.15) is 0 Å². The summed E-state index contributed by atoms with van der Waals surface area (Å²) in [5, 5.41) is 22.7. The van der Waals surface area contributed by atoms with Crippen LogP contribution in [-0.2, 0) is 28.9 Å². The smallest absolute Gasteiger partial charge is 0.308 e. The summed E-state index contributed by atoms with van der Waals surface area (Å²) in [5.74, 6) is -0.382. The van der Waals surface area contributed by atoms with Gasteiger partial charge in [0.1, 0.15) is 28.8 Å². The van der Waals surface area contributed by atoms with Crippen LogP contribution < -0.4 is 25.3 Å². The standard InChI is InChI=1S/C35H43FN2O7/c1-3-6-27-30(13-9-24-10-14-31(45-33(24)27)34(40)38-21-25(15-16-37)35(41)42)43-17-5-18-44-32-20-29(39)28(19-22(32)4-2)23-7-11-26(36)12-8-23/h7-9,11-13,19-20,25,31,39H,3-6,10,14-18,21,37H2,1-2H3,(H,38,40)(H,41,42). The van der Waals surface area contributed by atoms with E-state index in [2.05, 4.69) is 12.2 Å². The maximum absolute atomic E-state index is 13.4. The minimum atomic E-state index is -0.989. The minimum absolute atomic E-state index is 0.00286. The van der Waals surface area contributed by atoms with Gasteiger partial charge in [0.05, 0.1) is 19.1 Å². The lowest BCUT2D eigenvalue weighted by molar-refractivity contribution is -0.142. The molecule has 2 atom stereocenters. The van der Waals surface area contributed by atoms with Crippen molar-refractivity contribution in [1.82, 2.24) is 5.32 Å². The van der Waals surface area contributed by atoms with E-state index in [9.17, 15) is 24.2 Å². The topological polar surface area (TPSA) is 140 Å². The van der Waals surface area contributed by atoms with E-state index in [-0.39, 0.29) is 37.0 Å². The number of carboxylic acid groups (broad SMARTS) is 1. The number of carbonyl (C=O) groups is 2. The third kappa shape index (κ3) is 8.66. The summed E-state index contributed by atoms with van der Waals surface area (Å²) in [6, 6.07) is 13.4. The first-order valence-corrected chi connectivity index (χ1v) is 15.6. The van der Waals surface area contributed by atoms with E-state index in [1.807, 2.05) is 25.1 Å².